The number of hydrogen-bond donors (Lipinski definition) is 3. The highest BCUT2D eigenvalue weighted by Gasteiger charge is 2.44. The van der Waals surface area contributed by atoms with Crippen molar-refractivity contribution >= 4 is 17.8 Å². The number of carbonyl (C=O) groups excluding carboxylic acids is 2. The molecule has 94 valence electrons. The Kier molecular flexibility index (Phi) is 3.04. The first-order chi connectivity index (χ1) is 8.03. The Morgan fingerprint density at radius 2 is 2.00 bits per heavy atom. The summed E-state index contributed by atoms with van der Waals surface area (Å²) in [6.07, 6.45) is 3.33. The van der Waals surface area contributed by atoms with E-state index in [1.165, 1.54) is 0 Å². The number of nitrogens with one attached hydrogen (secondary N) is 2. The molecule has 2 rings (SSSR count). The van der Waals surface area contributed by atoms with E-state index in [1.54, 1.807) is 0 Å². The van der Waals surface area contributed by atoms with Gasteiger partial charge in [0.2, 0.25) is 11.8 Å². The molecular formula is C11H16N2O4. The van der Waals surface area contributed by atoms with Gasteiger partial charge in [-0.25, -0.2) is 4.79 Å². The van der Waals surface area contributed by atoms with Crippen molar-refractivity contribution in [2.75, 3.05) is 0 Å². The van der Waals surface area contributed by atoms with E-state index in [9.17, 15) is 19.5 Å². The Labute approximate surface area is 98.8 Å². The standard InChI is InChI=1S/C11H16N2O4/c14-8-4-3-7(12-8)9(15)13-11(10(16)17)5-1-2-6-11/h7H,1-6H2,(H,12,14)(H,13,15)(H,16,17)/t7-/m1/s1. The third-order valence-electron chi connectivity index (χ3n) is 3.54. The lowest BCUT2D eigenvalue weighted by Crippen LogP contribution is -2.56. The van der Waals surface area contributed by atoms with Gasteiger partial charge in [0.25, 0.3) is 0 Å². The fourth-order valence-corrected chi connectivity index (χ4v) is 2.50. The highest BCUT2D eigenvalue weighted by molar-refractivity contribution is 5.94. The van der Waals surface area contributed by atoms with Gasteiger partial charge in [0, 0.05) is 6.42 Å². The zero-order valence-corrected chi connectivity index (χ0v) is 9.49. The largest absolute Gasteiger partial charge is 0.480 e. The quantitative estimate of drug-likeness (QED) is 0.635. The minimum Gasteiger partial charge on any atom is -0.480 e. The minimum absolute atomic E-state index is 0.152. The van der Waals surface area contributed by atoms with Gasteiger partial charge in [0.15, 0.2) is 0 Å². The van der Waals surface area contributed by atoms with Gasteiger partial charge in [0.1, 0.15) is 11.6 Å². The first kappa shape index (κ1) is 11.9. The highest BCUT2D eigenvalue weighted by Crippen LogP contribution is 2.30. The molecule has 6 nitrogen and oxygen atoms in total. The second-order valence-corrected chi connectivity index (χ2v) is 4.74. The van der Waals surface area contributed by atoms with Crippen LogP contribution in [0.5, 0.6) is 0 Å². The van der Waals surface area contributed by atoms with Gasteiger partial charge >= 0.3 is 5.97 Å². The number of carboxylic acid groups (broad SMARTS) is 1. The molecule has 0 aromatic heterocycles. The Morgan fingerprint density at radius 1 is 1.35 bits per heavy atom. The van der Waals surface area contributed by atoms with Gasteiger partial charge in [-0.05, 0) is 19.3 Å². The molecule has 0 radical (unpaired) electrons. The number of carboxylic acids is 1. The summed E-state index contributed by atoms with van der Waals surface area (Å²) in [5.41, 5.74) is -1.12. The maximum Gasteiger partial charge on any atom is 0.329 e. The molecule has 2 fully saturated rings. The summed E-state index contributed by atoms with van der Waals surface area (Å²) in [7, 11) is 0. The summed E-state index contributed by atoms with van der Waals surface area (Å²) < 4.78 is 0. The van der Waals surface area contributed by atoms with E-state index in [0.717, 1.165) is 12.8 Å². The summed E-state index contributed by atoms with van der Waals surface area (Å²) in [5, 5.41) is 14.3. The third kappa shape index (κ3) is 2.25. The van der Waals surface area contributed by atoms with E-state index in [4.69, 9.17) is 0 Å². The molecule has 0 spiro atoms. The molecule has 1 aliphatic heterocycles. The van der Waals surface area contributed by atoms with Crippen LogP contribution in [0.4, 0.5) is 0 Å². The SMILES string of the molecule is O=C1CC[C@H](C(=O)NC2(C(=O)O)CCCC2)N1. The van der Waals surface area contributed by atoms with Crippen LogP contribution in [0.3, 0.4) is 0 Å². The normalized spacial score (nSPS) is 26.6. The summed E-state index contributed by atoms with van der Waals surface area (Å²) in [6, 6.07) is -0.570. The van der Waals surface area contributed by atoms with Crippen molar-refractivity contribution in [3.8, 4) is 0 Å². The predicted molar refractivity (Wildman–Crippen MR) is 58.1 cm³/mol. The molecule has 2 aliphatic rings. The van der Waals surface area contributed by atoms with Crippen molar-refractivity contribution in [2.45, 2.75) is 50.1 Å². The monoisotopic (exact) mass is 240 g/mol. The molecule has 6 heteroatoms. The van der Waals surface area contributed by atoms with Crippen LogP contribution < -0.4 is 10.6 Å². The fourth-order valence-electron chi connectivity index (χ4n) is 2.50. The van der Waals surface area contributed by atoms with Crippen LogP contribution in [0, 0.1) is 0 Å². The fraction of sp³-hybridized carbons (Fsp3) is 0.727. The lowest BCUT2D eigenvalue weighted by Gasteiger charge is -2.26. The molecule has 1 saturated heterocycles. The highest BCUT2D eigenvalue weighted by atomic mass is 16.4. The first-order valence-corrected chi connectivity index (χ1v) is 5.88. The van der Waals surface area contributed by atoms with Crippen LogP contribution in [-0.4, -0.2) is 34.5 Å². The van der Waals surface area contributed by atoms with Crippen molar-refractivity contribution in [3.05, 3.63) is 0 Å². The summed E-state index contributed by atoms with van der Waals surface area (Å²) in [6.45, 7) is 0. The van der Waals surface area contributed by atoms with E-state index in [1.807, 2.05) is 0 Å². The Balaban J connectivity index is 2.01. The maximum atomic E-state index is 11.9. The molecule has 0 unspecified atom stereocenters. The summed E-state index contributed by atoms with van der Waals surface area (Å²) in [5.74, 6) is -1.51. The lowest BCUT2D eigenvalue weighted by molar-refractivity contribution is -0.147. The van der Waals surface area contributed by atoms with Gasteiger partial charge in [0.05, 0.1) is 0 Å². The number of hydrogen-bond acceptors (Lipinski definition) is 3. The average molecular weight is 240 g/mol. The van der Waals surface area contributed by atoms with E-state index in [-0.39, 0.29) is 11.8 Å². The van der Waals surface area contributed by atoms with Crippen molar-refractivity contribution in [3.63, 3.8) is 0 Å². The van der Waals surface area contributed by atoms with Crippen LogP contribution in [0.1, 0.15) is 38.5 Å². The average Bonchev–Trinajstić information content (AvgIpc) is 2.87. The summed E-state index contributed by atoms with van der Waals surface area (Å²) in [4.78, 5) is 34.1. The van der Waals surface area contributed by atoms with Crippen molar-refractivity contribution < 1.29 is 19.5 Å². The Bertz CT molecular complexity index is 360. The lowest BCUT2D eigenvalue weighted by atomic mass is 9.97. The molecule has 0 aromatic carbocycles. The molecule has 0 bridgehead atoms. The summed E-state index contributed by atoms with van der Waals surface area (Å²) >= 11 is 0. The Hall–Kier alpha value is -1.59. The molecule has 2 amide bonds. The smallest absolute Gasteiger partial charge is 0.329 e. The molecule has 1 saturated carbocycles. The van der Waals surface area contributed by atoms with E-state index in [0.29, 0.717) is 25.7 Å². The van der Waals surface area contributed by atoms with Crippen LogP contribution >= 0.6 is 0 Å². The second-order valence-electron chi connectivity index (χ2n) is 4.74. The van der Waals surface area contributed by atoms with Crippen LogP contribution in [0.15, 0.2) is 0 Å². The van der Waals surface area contributed by atoms with Crippen LogP contribution in [-0.2, 0) is 14.4 Å². The van der Waals surface area contributed by atoms with Crippen LogP contribution in [0.25, 0.3) is 0 Å². The topological polar surface area (TPSA) is 95.5 Å². The molecular weight excluding hydrogens is 224 g/mol. The number of carbonyl (C=O) groups is 3. The Morgan fingerprint density at radius 3 is 2.47 bits per heavy atom. The molecule has 3 N–H and O–H groups in total. The zero-order valence-electron chi connectivity index (χ0n) is 9.49. The minimum atomic E-state index is -1.12. The van der Waals surface area contributed by atoms with E-state index < -0.39 is 17.6 Å². The van der Waals surface area contributed by atoms with Gasteiger partial charge in [-0.3, -0.25) is 9.59 Å². The second kappa shape index (κ2) is 4.35. The predicted octanol–water partition coefficient (Wildman–Crippen LogP) is -0.221. The van der Waals surface area contributed by atoms with Gasteiger partial charge in [-0.1, -0.05) is 12.8 Å². The molecule has 1 aliphatic carbocycles. The van der Waals surface area contributed by atoms with Crippen molar-refractivity contribution in [1.29, 1.82) is 0 Å². The molecule has 0 aromatic rings. The van der Waals surface area contributed by atoms with Gasteiger partial charge < -0.3 is 15.7 Å². The van der Waals surface area contributed by atoms with E-state index in [2.05, 4.69) is 10.6 Å². The first-order valence-electron chi connectivity index (χ1n) is 5.88. The number of amides is 2. The van der Waals surface area contributed by atoms with Crippen LogP contribution in [0.2, 0.25) is 0 Å². The van der Waals surface area contributed by atoms with E-state index >= 15 is 0 Å². The molecule has 1 heterocycles. The number of aliphatic carboxylic acids is 1. The van der Waals surface area contributed by atoms with Gasteiger partial charge in [-0.15, -0.1) is 0 Å². The molecule has 17 heavy (non-hydrogen) atoms. The van der Waals surface area contributed by atoms with Crippen molar-refractivity contribution in [1.82, 2.24) is 10.6 Å². The van der Waals surface area contributed by atoms with Gasteiger partial charge in [-0.2, -0.15) is 0 Å². The van der Waals surface area contributed by atoms with Crippen molar-refractivity contribution in [2.24, 2.45) is 0 Å². The number of rotatable bonds is 3. The maximum absolute atomic E-state index is 11.9. The third-order valence-corrected chi connectivity index (χ3v) is 3.54. The molecule has 1 atom stereocenters. The zero-order chi connectivity index (χ0) is 12.5.